The molecule has 1 saturated heterocycles. The summed E-state index contributed by atoms with van der Waals surface area (Å²) in [4.78, 5) is 2.63. The summed E-state index contributed by atoms with van der Waals surface area (Å²) in [6, 6.07) is 1.22. The van der Waals surface area contributed by atoms with Crippen molar-refractivity contribution in [2.75, 3.05) is 19.7 Å². The lowest BCUT2D eigenvalue weighted by molar-refractivity contribution is 0.0810. The standard InChI is InChI=1S/C17H34N2O/c1-13(2)15-7-9-19(10-8-15)14(3)11-17(4,12-20)18-16-5-6-16/h13-16,18,20H,5-12H2,1-4H3. The highest BCUT2D eigenvalue weighted by molar-refractivity contribution is 4.95. The van der Waals surface area contributed by atoms with E-state index in [1.54, 1.807) is 0 Å². The Morgan fingerprint density at radius 2 is 1.75 bits per heavy atom. The maximum absolute atomic E-state index is 9.74. The van der Waals surface area contributed by atoms with Crippen molar-refractivity contribution in [3.05, 3.63) is 0 Å². The van der Waals surface area contributed by atoms with Crippen LogP contribution in [0.2, 0.25) is 0 Å². The van der Waals surface area contributed by atoms with Crippen LogP contribution in [0.1, 0.15) is 59.8 Å². The molecule has 0 spiro atoms. The molecule has 1 saturated carbocycles. The van der Waals surface area contributed by atoms with E-state index in [-0.39, 0.29) is 12.1 Å². The molecule has 2 N–H and O–H groups in total. The van der Waals surface area contributed by atoms with Crippen LogP contribution in [0.3, 0.4) is 0 Å². The maximum Gasteiger partial charge on any atom is 0.0611 e. The Balaban J connectivity index is 1.80. The number of aliphatic hydroxyl groups is 1. The van der Waals surface area contributed by atoms with Crippen molar-refractivity contribution in [2.24, 2.45) is 11.8 Å². The van der Waals surface area contributed by atoms with Gasteiger partial charge in [-0.3, -0.25) is 0 Å². The summed E-state index contributed by atoms with van der Waals surface area (Å²) in [5.74, 6) is 1.74. The molecular formula is C17H34N2O. The first kappa shape index (κ1) is 16.3. The van der Waals surface area contributed by atoms with Gasteiger partial charge in [0.2, 0.25) is 0 Å². The average Bonchev–Trinajstić information content (AvgIpc) is 3.22. The van der Waals surface area contributed by atoms with Gasteiger partial charge in [0, 0.05) is 17.6 Å². The van der Waals surface area contributed by atoms with Gasteiger partial charge in [-0.25, -0.2) is 0 Å². The zero-order chi connectivity index (χ0) is 14.8. The molecule has 1 aliphatic carbocycles. The maximum atomic E-state index is 9.74. The highest BCUT2D eigenvalue weighted by Crippen LogP contribution is 2.29. The minimum atomic E-state index is -0.102. The highest BCUT2D eigenvalue weighted by Gasteiger charge is 2.35. The van der Waals surface area contributed by atoms with E-state index in [4.69, 9.17) is 0 Å². The lowest BCUT2D eigenvalue weighted by atomic mass is 9.85. The second-order valence-corrected chi connectivity index (χ2v) is 7.81. The molecular weight excluding hydrogens is 248 g/mol. The highest BCUT2D eigenvalue weighted by atomic mass is 16.3. The Hall–Kier alpha value is -0.120. The molecule has 1 heterocycles. The summed E-state index contributed by atoms with van der Waals surface area (Å²) in [5.41, 5.74) is -0.102. The third-order valence-corrected chi connectivity index (χ3v) is 5.37. The van der Waals surface area contributed by atoms with Gasteiger partial charge in [0.25, 0.3) is 0 Å². The first-order valence-electron chi connectivity index (χ1n) is 8.56. The largest absolute Gasteiger partial charge is 0.394 e. The van der Waals surface area contributed by atoms with Crippen molar-refractivity contribution in [2.45, 2.75) is 77.4 Å². The fourth-order valence-electron chi connectivity index (χ4n) is 3.70. The zero-order valence-corrected chi connectivity index (χ0v) is 13.9. The SMILES string of the molecule is CC(C)C1CCN(C(C)CC(C)(CO)NC2CC2)CC1. The summed E-state index contributed by atoms with van der Waals surface area (Å²) in [7, 11) is 0. The number of aliphatic hydroxyl groups excluding tert-OH is 1. The smallest absolute Gasteiger partial charge is 0.0611 e. The topological polar surface area (TPSA) is 35.5 Å². The van der Waals surface area contributed by atoms with E-state index in [2.05, 4.69) is 37.9 Å². The van der Waals surface area contributed by atoms with E-state index in [1.165, 1.54) is 38.8 Å². The van der Waals surface area contributed by atoms with E-state index < -0.39 is 0 Å². The summed E-state index contributed by atoms with van der Waals surface area (Å²) in [6.07, 6.45) is 6.29. The summed E-state index contributed by atoms with van der Waals surface area (Å²) in [6.45, 7) is 11.9. The molecule has 2 atom stereocenters. The van der Waals surface area contributed by atoms with E-state index in [0.29, 0.717) is 12.1 Å². The number of piperidine rings is 1. The lowest BCUT2D eigenvalue weighted by Gasteiger charge is -2.41. The van der Waals surface area contributed by atoms with Crippen LogP contribution in [-0.4, -0.2) is 47.3 Å². The van der Waals surface area contributed by atoms with Crippen LogP contribution >= 0.6 is 0 Å². The van der Waals surface area contributed by atoms with Crippen molar-refractivity contribution in [1.82, 2.24) is 10.2 Å². The number of likely N-dealkylation sites (tertiary alicyclic amines) is 1. The minimum absolute atomic E-state index is 0.102. The molecule has 20 heavy (non-hydrogen) atoms. The second-order valence-electron chi connectivity index (χ2n) is 7.81. The van der Waals surface area contributed by atoms with Crippen LogP contribution in [0.25, 0.3) is 0 Å². The Labute approximate surface area is 125 Å². The Morgan fingerprint density at radius 3 is 2.20 bits per heavy atom. The van der Waals surface area contributed by atoms with Gasteiger partial charge < -0.3 is 15.3 Å². The van der Waals surface area contributed by atoms with Crippen LogP contribution in [0.4, 0.5) is 0 Å². The molecule has 0 amide bonds. The van der Waals surface area contributed by atoms with Crippen LogP contribution < -0.4 is 5.32 Å². The molecule has 0 aromatic rings. The van der Waals surface area contributed by atoms with Gasteiger partial charge in [0.05, 0.1) is 6.61 Å². The van der Waals surface area contributed by atoms with Crippen molar-refractivity contribution in [1.29, 1.82) is 0 Å². The van der Waals surface area contributed by atoms with Crippen LogP contribution in [0, 0.1) is 11.8 Å². The van der Waals surface area contributed by atoms with Crippen molar-refractivity contribution in [3.63, 3.8) is 0 Å². The van der Waals surface area contributed by atoms with Gasteiger partial charge in [0.1, 0.15) is 0 Å². The normalized spacial score (nSPS) is 26.7. The fraction of sp³-hybridized carbons (Fsp3) is 1.00. The van der Waals surface area contributed by atoms with Crippen LogP contribution in [-0.2, 0) is 0 Å². The number of hydrogen-bond donors (Lipinski definition) is 2. The van der Waals surface area contributed by atoms with Gasteiger partial charge in [-0.2, -0.15) is 0 Å². The predicted molar refractivity (Wildman–Crippen MR) is 84.9 cm³/mol. The van der Waals surface area contributed by atoms with E-state index in [1.807, 2.05) is 0 Å². The molecule has 0 aromatic heterocycles. The molecule has 2 aliphatic rings. The van der Waals surface area contributed by atoms with Gasteiger partial charge in [0.15, 0.2) is 0 Å². The van der Waals surface area contributed by atoms with E-state index >= 15 is 0 Å². The number of rotatable bonds is 7. The quantitative estimate of drug-likeness (QED) is 0.753. The van der Waals surface area contributed by atoms with Gasteiger partial charge >= 0.3 is 0 Å². The number of hydrogen-bond acceptors (Lipinski definition) is 3. The molecule has 3 heteroatoms. The molecule has 2 fully saturated rings. The molecule has 2 rings (SSSR count). The molecule has 1 aliphatic heterocycles. The summed E-state index contributed by atoms with van der Waals surface area (Å²) < 4.78 is 0. The first-order valence-corrected chi connectivity index (χ1v) is 8.56. The lowest BCUT2D eigenvalue weighted by Crippen LogP contribution is -2.52. The number of nitrogens with one attached hydrogen (secondary N) is 1. The molecule has 118 valence electrons. The Kier molecular flexibility index (Phi) is 5.49. The van der Waals surface area contributed by atoms with Crippen molar-refractivity contribution >= 4 is 0 Å². The van der Waals surface area contributed by atoms with Gasteiger partial charge in [-0.15, -0.1) is 0 Å². The third-order valence-electron chi connectivity index (χ3n) is 5.37. The molecule has 3 nitrogen and oxygen atoms in total. The van der Waals surface area contributed by atoms with Crippen LogP contribution in [0.15, 0.2) is 0 Å². The Bertz CT molecular complexity index is 295. The molecule has 0 bridgehead atoms. The average molecular weight is 282 g/mol. The molecule has 0 radical (unpaired) electrons. The van der Waals surface area contributed by atoms with Crippen LogP contribution in [0.5, 0.6) is 0 Å². The molecule has 0 aromatic carbocycles. The number of nitrogens with zero attached hydrogens (tertiary/aromatic N) is 1. The zero-order valence-electron chi connectivity index (χ0n) is 13.9. The van der Waals surface area contributed by atoms with Gasteiger partial charge in [-0.1, -0.05) is 13.8 Å². The van der Waals surface area contributed by atoms with E-state index in [0.717, 1.165) is 18.3 Å². The Morgan fingerprint density at radius 1 is 1.15 bits per heavy atom. The second kappa shape index (κ2) is 6.76. The summed E-state index contributed by atoms with van der Waals surface area (Å²) in [5, 5.41) is 13.4. The monoisotopic (exact) mass is 282 g/mol. The van der Waals surface area contributed by atoms with Gasteiger partial charge in [-0.05, 0) is 70.9 Å². The predicted octanol–water partition coefficient (Wildman–Crippen LogP) is 2.64. The van der Waals surface area contributed by atoms with Crippen molar-refractivity contribution < 1.29 is 5.11 Å². The first-order chi connectivity index (χ1) is 9.43. The minimum Gasteiger partial charge on any atom is -0.394 e. The van der Waals surface area contributed by atoms with Crippen molar-refractivity contribution in [3.8, 4) is 0 Å². The fourth-order valence-corrected chi connectivity index (χ4v) is 3.70. The summed E-state index contributed by atoms with van der Waals surface area (Å²) >= 11 is 0. The molecule has 2 unspecified atom stereocenters. The van der Waals surface area contributed by atoms with E-state index in [9.17, 15) is 5.11 Å². The third kappa shape index (κ3) is 4.44.